The molecule has 2 amide bonds. The van der Waals surface area contributed by atoms with Crippen LogP contribution >= 0.6 is 0 Å². The van der Waals surface area contributed by atoms with Crippen LogP contribution in [0.3, 0.4) is 0 Å². The van der Waals surface area contributed by atoms with Gasteiger partial charge in [0.05, 0.1) is 28.1 Å². The average molecular weight is 756 g/mol. The van der Waals surface area contributed by atoms with Crippen molar-refractivity contribution >= 4 is 62.0 Å². The topological polar surface area (TPSA) is 166 Å². The zero-order valence-electron chi connectivity index (χ0n) is 31.6. The predicted octanol–water partition coefficient (Wildman–Crippen LogP) is 6.48. The number of carbonyl (C=O) groups excluding carboxylic acids is 3. The molecule has 4 aliphatic rings. The number of benzene rings is 2. The summed E-state index contributed by atoms with van der Waals surface area (Å²) in [7, 11) is -3.08. The maximum absolute atomic E-state index is 14.3. The predicted molar refractivity (Wildman–Crippen MR) is 203 cm³/mol. The molecule has 2 saturated carbocycles. The molecule has 0 unspecified atom stereocenters. The molecule has 2 aliphatic heterocycles. The summed E-state index contributed by atoms with van der Waals surface area (Å²) < 4.78 is 37.0. The van der Waals surface area contributed by atoms with Gasteiger partial charge in [-0.1, -0.05) is 23.8 Å². The Morgan fingerprint density at radius 2 is 1.59 bits per heavy atom. The van der Waals surface area contributed by atoms with E-state index >= 15 is 0 Å². The molecule has 0 bridgehead atoms. The molecule has 14 nitrogen and oxygen atoms in total. The molecular formula is C39H45N7O7S. The molecule has 0 radical (unpaired) electrons. The van der Waals surface area contributed by atoms with Crippen molar-refractivity contribution in [1.82, 2.24) is 19.7 Å². The number of aromatic nitrogens is 4. The second-order valence-electron chi connectivity index (χ2n) is 16.9. The van der Waals surface area contributed by atoms with E-state index in [4.69, 9.17) is 24.5 Å². The summed E-state index contributed by atoms with van der Waals surface area (Å²) in [6.07, 6.45) is 1.04. The van der Waals surface area contributed by atoms with E-state index in [9.17, 15) is 22.8 Å². The number of hydrogen-bond acceptors (Lipinski definition) is 12. The van der Waals surface area contributed by atoms with E-state index in [1.165, 1.54) is 9.58 Å². The van der Waals surface area contributed by atoms with Gasteiger partial charge in [0.15, 0.2) is 15.7 Å². The van der Waals surface area contributed by atoms with Crippen molar-refractivity contribution in [2.75, 3.05) is 39.7 Å². The van der Waals surface area contributed by atoms with Crippen molar-refractivity contribution in [1.29, 1.82) is 0 Å². The maximum atomic E-state index is 14.3. The van der Waals surface area contributed by atoms with Crippen LogP contribution in [0.2, 0.25) is 0 Å². The Labute approximate surface area is 314 Å². The lowest BCUT2D eigenvalue weighted by Crippen LogP contribution is -2.41. The van der Waals surface area contributed by atoms with Gasteiger partial charge >= 0.3 is 12.2 Å². The van der Waals surface area contributed by atoms with Gasteiger partial charge in [0.2, 0.25) is 5.91 Å². The Balaban J connectivity index is 1.17. The summed E-state index contributed by atoms with van der Waals surface area (Å²) in [5.74, 6) is 1.89. The molecule has 2 aromatic carbocycles. The second-order valence-corrected chi connectivity index (χ2v) is 19.2. The van der Waals surface area contributed by atoms with E-state index in [0.29, 0.717) is 59.4 Å². The Kier molecular flexibility index (Phi) is 8.15. The van der Waals surface area contributed by atoms with Crippen LogP contribution in [0.1, 0.15) is 95.2 Å². The molecule has 8 rings (SSSR count). The number of amides is 2. The summed E-state index contributed by atoms with van der Waals surface area (Å²) in [5, 5.41) is 8.66. The molecule has 4 heterocycles. The van der Waals surface area contributed by atoms with Crippen molar-refractivity contribution in [3.63, 3.8) is 0 Å². The van der Waals surface area contributed by atoms with Crippen molar-refractivity contribution in [2.45, 2.75) is 96.2 Å². The average Bonchev–Trinajstić information content (AvgIpc) is 3.99. The maximum Gasteiger partial charge on any atom is 0.435 e. The van der Waals surface area contributed by atoms with Crippen LogP contribution in [0.5, 0.6) is 0 Å². The molecular weight excluding hydrogens is 711 g/mol. The first kappa shape index (κ1) is 36.0. The van der Waals surface area contributed by atoms with E-state index in [1.54, 1.807) is 53.7 Å². The monoisotopic (exact) mass is 755 g/mol. The second kappa shape index (κ2) is 12.2. The smallest absolute Gasteiger partial charge is 0.435 e. The highest BCUT2D eigenvalue weighted by atomic mass is 32.2. The number of rotatable bonds is 5. The van der Waals surface area contributed by atoms with Gasteiger partial charge in [-0.2, -0.15) is 4.68 Å². The van der Waals surface area contributed by atoms with Gasteiger partial charge in [0.1, 0.15) is 28.7 Å². The normalized spacial score (nSPS) is 22.1. The molecule has 1 N–H and O–H groups in total. The number of anilines is 4. The summed E-state index contributed by atoms with van der Waals surface area (Å²) in [5.41, 5.74) is 1.00. The van der Waals surface area contributed by atoms with E-state index in [0.717, 1.165) is 29.5 Å². The number of nitrogens with one attached hydrogen (secondary N) is 1. The van der Waals surface area contributed by atoms with Crippen LogP contribution < -0.4 is 15.1 Å². The highest BCUT2D eigenvalue weighted by molar-refractivity contribution is 7.91. The van der Waals surface area contributed by atoms with Gasteiger partial charge < -0.3 is 19.7 Å². The SMILES string of the molecule is Cc1ccc2c(c1)[C@]1(C[C@H]1c1ccc3c(Nc4cc(N5CCS(=O)(=O)CC5)nc(C5CC5)n4)nn(C(=O)OC(C)(C)C)c3c1)C(=O)N2C(=O)OC(C)(C)C. The van der Waals surface area contributed by atoms with Crippen LogP contribution in [-0.2, 0) is 29.5 Å². The van der Waals surface area contributed by atoms with Crippen LogP contribution in [0.15, 0.2) is 42.5 Å². The number of fused-ring (bicyclic) bond motifs is 3. The first-order valence-electron chi connectivity index (χ1n) is 18.4. The third-order valence-corrected chi connectivity index (χ3v) is 11.9. The summed E-state index contributed by atoms with van der Waals surface area (Å²) >= 11 is 0. The lowest BCUT2D eigenvalue weighted by atomic mass is 9.91. The van der Waals surface area contributed by atoms with E-state index in [1.807, 2.05) is 42.2 Å². The van der Waals surface area contributed by atoms with E-state index in [-0.39, 0.29) is 29.2 Å². The van der Waals surface area contributed by atoms with Crippen molar-refractivity contribution in [2.24, 2.45) is 0 Å². The highest BCUT2D eigenvalue weighted by Gasteiger charge is 2.68. The van der Waals surface area contributed by atoms with Crippen LogP contribution in [0.25, 0.3) is 10.9 Å². The first-order chi connectivity index (χ1) is 25.3. The molecule has 2 atom stereocenters. The number of hydrogen-bond donors (Lipinski definition) is 1. The standard InChI is InChI=1S/C39H45N7O7S/c1-22-8-13-28-26(18-22)39(34(47)45(28)35(48)52-37(2,3)4)21-27(39)24-11-12-25-29(19-24)46(36(49)53-38(5,6)7)43-33(25)41-30-20-31(42-32(40-30)23-9-10-23)44-14-16-54(50,51)17-15-44/h8,11-13,18-20,23,27H,9-10,14-17,21H2,1-7H3,(H,40,41,42,43)/t27-,39-/m0/s1. The summed E-state index contributed by atoms with van der Waals surface area (Å²) in [4.78, 5) is 54.1. The van der Waals surface area contributed by atoms with Gasteiger partial charge in [-0.15, -0.1) is 5.10 Å². The minimum absolute atomic E-state index is 0.0594. The van der Waals surface area contributed by atoms with Gasteiger partial charge in [0.25, 0.3) is 0 Å². The number of nitrogens with zero attached hydrogens (tertiary/aromatic N) is 6. The Hall–Kier alpha value is -5.05. The zero-order valence-corrected chi connectivity index (χ0v) is 32.4. The third kappa shape index (κ3) is 6.56. The van der Waals surface area contributed by atoms with Crippen molar-refractivity contribution < 1.29 is 32.3 Å². The lowest BCUT2D eigenvalue weighted by molar-refractivity contribution is -0.120. The molecule has 54 heavy (non-hydrogen) atoms. The molecule has 3 fully saturated rings. The van der Waals surface area contributed by atoms with E-state index in [2.05, 4.69) is 5.32 Å². The van der Waals surface area contributed by atoms with Gasteiger partial charge in [0, 0.05) is 36.4 Å². The van der Waals surface area contributed by atoms with E-state index < -0.39 is 38.6 Å². The molecule has 284 valence electrons. The highest BCUT2D eigenvalue weighted by Crippen LogP contribution is 2.66. The lowest BCUT2D eigenvalue weighted by Gasteiger charge is -2.28. The summed E-state index contributed by atoms with van der Waals surface area (Å²) in [6.45, 7) is 13.3. The fraction of sp³-hybridized carbons (Fsp3) is 0.487. The van der Waals surface area contributed by atoms with Crippen LogP contribution in [0, 0.1) is 6.92 Å². The third-order valence-electron chi connectivity index (χ3n) is 10.3. The van der Waals surface area contributed by atoms with Crippen LogP contribution in [-0.4, -0.2) is 82.1 Å². The summed E-state index contributed by atoms with van der Waals surface area (Å²) in [6, 6.07) is 13.1. The number of aryl methyl sites for hydroxylation is 1. The van der Waals surface area contributed by atoms with Gasteiger partial charge in [-0.3, -0.25) is 4.79 Å². The molecule has 2 aliphatic carbocycles. The number of imide groups is 1. The molecule has 1 spiro atoms. The van der Waals surface area contributed by atoms with Gasteiger partial charge in [-0.05, 0) is 97.1 Å². The zero-order chi connectivity index (χ0) is 38.5. The first-order valence-corrected chi connectivity index (χ1v) is 20.2. The fourth-order valence-electron chi connectivity index (χ4n) is 7.47. The quantitative estimate of drug-likeness (QED) is 0.236. The van der Waals surface area contributed by atoms with Crippen LogP contribution in [0.4, 0.5) is 32.7 Å². The molecule has 1 saturated heterocycles. The Bertz CT molecular complexity index is 2340. The van der Waals surface area contributed by atoms with Gasteiger partial charge in [-0.25, -0.2) is 32.9 Å². The number of sulfone groups is 1. The molecule has 15 heteroatoms. The largest absolute Gasteiger partial charge is 0.443 e. The minimum Gasteiger partial charge on any atom is -0.443 e. The Morgan fingerprint density at radius 1 is 0.907 bits per heavy atom. The molecule has 4 aromatic rings. The number of ether oxygens (including phenoxy) is 2. The number of carbonyl (C=O) groups is 3. The van der Waals surface area contributed by atoms with Crippen molar-refractivity contribution in [3.8, 4) is 0 Å². The minimum atomic E-state index is -3.08. The van der Waals surface area contributed by atoms with Crippen molar-refractivity contribution in [3.05, 3.63) is 65.0 Å². The Morgan fingerprint density at radius 3 is 2.26 bits per heavy atom. The molecule has 2 aromatic heterocycles. The fourth-order valence-corrected chi connectivity index (χ4v) is 8.67.